The normalized spacial score (nSPS) is 29.2. The number of carbonyl (C=O) groups excluding carboxylic acids is 1. The maximum atomic E-state index is 13.1. The maximum absolute atomic E-state index is 13.1. The summed E-state index contributed by atoms with van der Waals surface area (Å²) in [7, 11) is 1.28. The van der Waals surface area contributed by atoms with Crippen LogP contribution in [0.5, 0.6) is 0 Å². The highest BCUT2D eigenvalue weighted by molar-refractivity contribution is 5.79. The fourth-order valence-electron chi connectivity index (χ4n) is 3.09. The molecule has 0 aliphatic heterocycles. The van der Waals surface area contributed by atoms with Crippen LogP contribution in [0.25, 0.3) is 0 Å². The molecule has 2 aliphatic carbocycles. The summed E-state index contributed by atoms with van der Waals surface area (Å²) < 4.78 is 31.0. The molecule has 0 atom stereocenters. The summed E-state index contributed by atoms with van der Waals surface area (Å²) >= 11 is 0. The molecule has 0 aromatic carbocycles. The zero-order valence-electron chi connectivity index (χ0n) is 9.97. The Morgan fingerprint density at radius 2 is 1.65 bits per heavy atom. The van der Waals surface area contributed by atoms with Crippen LogP contribution in [-0.2, 0) is 9.53 Å². The molecule has 5 heteroatoms. The first-order chi connectivity index (χ1) is 7.85. The van der Waals surface area contributed by atoms with Crippen LogP contribution in [0.3, 0.4) is 0 Å². The van der Waals surface area contributed by atoms with Crippen LogP contribution in [0.15, 0.2) is 0 Å². The molecule has 98 valence electrons. The standard InChI is InChI=1S/C12H18F2O3/c1-17-9(15)10(3-2-4-10)11(16)5-7-12(13,14)8-6-11/h16H,2-8H2,1H3. The molecule has 17 heavy (non-hydrogen) atoms. The lowest BCUT2D eigenvalue weighted by atomic mass is 9.54. The highest BCUT2D eigenvalue weighted by Gasteiger charge is 2.62. The highest BCUT2D eigenvalue weighted by Crippen LogP contribution is 2.56. The molecule has 1 N–H and O–H groups in total. The molecular weight excluding hydrogens is 230 g/mol. The van der Waals surface area contributed by atoms with Crippen LogP contribution in [-0.4, -0.2) is 29.7 Å². The van der Waals surface area contributed by atoms with Crippen molar-refractivity contribution >= 4 is 5.97 Å². The number of carbonyl (C=O) groups is 1. The number of rotatable bonds is 2. The molecule has 2 rings (SSSR count). The highest BCUT2D eigenvalue weighted by atomic mass is 19.3. The molecule has 2 saturated carbocycles. The molecule has 0 saturated heterocycles. The number of hydrogen-bond acceptors (Lipinski definition) is 3. The number of ether oxygens (including phenoxy) is 1. The third-order valence-electron chi connectivity index (χ3n) is 4.48. The molecular formula is C12H18F2O3. The van der Waals surface area contributed by atoms with E-state index in [1.54, 1.807) is 0 Å². The van der Waals surface area contributed by atoms with E-state index in [4.69, 9.17) is 4.74 Å². The van der Waals surface area contributed by atoms with Crippen LogP contribution >= 0.6 is 0 Å². The quantitative estimate of drug-likeness (QED) is 0.762. The molecule has 3 nitrogen and oxygen atoms in total. The van der Waals surface area contributed by atoms with Gasteiger partial charge in [0.25, 0.3) is 0 Å². The molecule has 0 unspecified atom stereocenters. The molecule has 2 aliphatic rings. The second-order valence-electron chi connectivity index (χ2n) is 5.31. The van der Waals surface area contributed by atoms with Crippen molar-refractivity contribution in [3.8, 4) is 0 Å². The second kappa shape index (κ2) is 3.90. The van der Waals surface area contributed by atoms with E-state index in [0.717, 1.165) is 6.42 Å². The SMILES string of the molecule is COC(=O)C1(C2(O)CCC(F)(F)CC2)CCC1. The van der Waals surface area contributed by atoms with E-state index in [9.17, 15) is 18.7 Å². The van der Waals surface area contributed by atoms with Crippen LogP contribution in [0.1, 0.15) is 44.9 Å². The van der Waals surface area contributed by atoms with Crippen LogP contribution in [0.2, 0.25) is 0 Å². The van der Waals surface area contributed by atoms with Crippen molar-refractivity contribution in [2.45, 2.75) is 56.5 Å². The first-order valence-corrected chi connectivity index (χ1v) is 6.04. The van der Waals surface area contributed by atoms with Gasteiger partial charge in [-0.15, -0.1) is 0 Å². The van der Waals surface area contributed by atoms with Gasteiger partial charge in [0.15, 0.2) is 0 Å². The molecule has 0 aromatic rings. The van der Waals surface area contributed by atoms with Crippen LogP contribution in [0, 0.1) is 5.41 Å². The van der Waals surface area contributed by atoms with Crippen LogP contribution < -0.4 is 0 Å². The van der Waals surface area contributed by atoms with Gasteiger partial charge in [0.2, 0.25) is 5.92 Å². The zero-order chi connectivity index (χ0) is 12.7. The van der Waals surface area contributed by atoms with Crippen molar-refractivity contribution in [2.75, 3.05) is 7.11 Å². The minimum absolute atomic E-state index is 0.0187. The topological polar surface area (TPSA) is 46.5 Å². The number of halogens is 2. The van der Waals surface area contributed by atoms with Crippen molar-refractivity contribution in [1.29, 1.82) is 0 Å². The lowest BCUT2D eigenvalue weighted by molar-refractivity contribution is -0.207. The Balaban J connectivity index is 2.18. The van der Waals surface area contributed by atoms with E-state index in [0.29, 0.717) is 12.8 Å². The van der Waals surface area contributed by atoms with Gasteiger partial charge in [-0.1, -0.05) is 6.42 Å². The van der Waals surface area contributed by atoms with E-state index >= 15 is 0 Å². The fraction of sp³-hybridized carbons (Fsp3) is 0.917. The first kappa shape index (κ1) is 12.7. The van der Waals surface area contributed by atoms with Gasteiger partial charge in [0.1, 0.15) is 0 Å². The number of esters is 1. The van der Waals surface area contributed by atoms with E-state index in [1.807, 2.05) is 0 Å². The number of alkyl halides is 2. The Morgan fingerprint density at radius 1 is 1.12 bits per heavy atom. The molecule has 2 fully saturated rings. The van der Waals surface area contributed by atoms with Crippen molar-refractivity contribution in [2.24, 2.45) is 5.41 Å². The summed E-state index contributed by atoms with van der Waals surface area (Å²) in [5.41, 5.74) is -2.24. The van der Waals surface area contributed by atoms with E-state index in [1.165, 1.54) is 7.11 Å². The molecule has 0 aromatic heterocycles. The summed E-state index contributed by atoms with van der Waals surface area (Å²) in [5.74, 6) is -3.15. The second-order valence-corrected chi connectivity index (χ2v) is 5.31. The summed E-state index contributed by atoms with van der Waals surface area (Å²) in [4.78, 5) is 11.8. The predicted molar refractivity (Wildman–Crippen MR) is 56.7 cm³/mol. The molecule has 0 radical (unpaired) electrons. The van der Waals surface area contributed by atoms with Crippen molar-refractivity contribution in [3.05, 3.63) is 0 Å². The Hall–Kier alpha value is -0.710. The van der Waals surface area contributed by atoms with Gasteiger partial charge in [-0.05, 0) is 25.7 Å². The lowest BCUT2D eigenvalue weighted by Crippen LogP contribution is -2.59. The average Bonchev–Trinajstić information content (AvgIpc) is 2.21. The third kappa shape index (κ3) is 1.84. The molecule has 0 amide bonds. The van der Waals surface area contributed by atoms with Gasteiger partial charge in [0.05, 0.1) is 18.1 Å². The lowest BCUT2D eigenvalue weighted by Gasteiger charge is -2.53. The number of aliphatic hydroxyl groups is 1. The smallest absolute Gasteiger partial charge is 0.314 e. The summed E-state index contributed by atoms with van der Waals surface area (Å²) in [6, 6.07) is 0. The van der Waals surface area contributed by atoms with Gasteiger partial charge in [-0.3, -0.25) is 4.79 Å². The Labute approximate surface area is 99.1 Å². The van der Waals surface area contributed by atoms with Gasteiger partial charge >= 0.3 is 5.97 Å². The number of hydrogen-bond donors (Lipinski definition) is 1. The van der Waals surface area contributed by atoms with Crippen molar-refractivity contribution in [3.63, 3.8) is 0 Å². The largest absolute Gasteiger partial charge is 0.469 e. The van der Waals surface area contributed by atoms with E-state index in [2.05, 4.69) is 0 Å². The van der Waals surface area contributed by atoms with Crippen molar-refractivity contribution in [1.82, 2.24) is 0 Å². The van der Waals surface area contributed by atoms with Crippen LogP contribution in [0.4, 0.5) is 8.78 Å². The minimum atomic E-state index is -2.70. The van der Waals surface area contributed by atoms with Crippen molar-refractivity contribution < 1.29 is 23.4 Å². The summed E-state index contributed by atoms with van der Waals surface area (Å²) in [6.45, 7) is 0. The Kier molecular flexibility index (Phi) is 2.92. The molecule has 0 heterocycles. The summed E-state index contributed by atoms with van der Waals surface area (Å²) in [5, 5.41) is 10.5. The monoisotopic (exact) mass is 248 g/mol. The van der Waals surface area contributed by atoms with Gasteiger partial charge in [-0.2, -0.15) is 0 Å². The average molecular weight is 248 g/mol. The maximum Gasteiger partial charge on any atom is 0.314 e. The molecule has 0 spiro atoms. The first-order valence-electron chi connectivity index (χ1n) is 6.04. The van der Waals surface area contributed by atoms with Gasteiger partial charge in [0, 0.05) is 12.8 Å². The fourth-order valence-corrected chi connectivity index (χ4v) is 3.09. The van der Waals surface area contributed by atoms with E-state index in [-0.39, 0.29) is 25.7 Å². The zero-order valence-corrected chi connectivity index (χ0v) is 9.97. The third-order valence-corrected chi connectivity index (χ3v) is 4.48. The Morgan fingerprint density at radius 3 is 2.00 bits per heavy atom. The number of methoxy groups -OCH3 is 1. The van der Waals surface area contributed by atoms with E-state index < -0.39 is 22.9 Å². The Bertz CT molecular complexity index is 314. The summed E-state index contributed by atoms with van der Waals surface area (Å²) in [6.07, 6.45) is 1.20. The molecule has 0 bridgehead atoms. The minimum Gasteiger partial charge on any atom is -0.469 e. The van der Waals surface area contributed by atoms with Gasteiger partial charge < -0.3 is 9.84 Å². The van der Waals surface area contributed by atoms with Gasteiger partial charge in [-0.25, -0.2) is 8.78 Å². The predicted octanol–water partition coefficient (Wildman–Crippen LogP) is 2.27.